The van der Waals surface area contributed by atoms with Crippen LogP contribution in [-0.4, -0.2) is 129 Å². The number of piperazine rings is 1. The fourth-order valence-electron chi connectivity index (χ4n) is 6.36. The summed E-state index contributed by atoms with van der Waals surface area (Å²) in [5.74, 6) is -0.791. The molecule has 2 aromatic carbocycles. The topological polar surface area (TPSA) is 170 Å². The number of fused-ring (bicyclic) bond motifs is 1. The van der Waals surface area contributed by atoms with E-state index in [1.54, 1.807) is 6.92 Å². The molecule has 0 unspecified atom stereocenters. The maximum absolute atomic E-state index is 13.5. The zero-order chi connectivity index (χ0) is 34.3. The van der Waals surface area contributed by atoms with Crippen molar-refractivity contribution >= 4 is 28.8 Å². The lowest BCUT2D eigenvalue weighted by atomic mass is 9.91. The number of nitrogens with one attached hydrogen (secondary N) is 3. The van der Waals surface area contributed by atoms with Crippen LogP contribution >= 0.6 is 0 Å². The Kier molecular flexibility index (Phi) is 11.1. The van der Waals surface area contributed by atoms with Gasteiger partial charge in [0.15, 0.2) is 29.3 Å². The lowest BCUT2D eigenvalue weighted by molar-refractivity contribution is -0.137. The Bertz CT molecular complexity index is 1660. The molecular weight excluding hydrogens is 626 g/mol. The van der Waals surface area contributed by atoms with E-state index >= 15 is 0 Å². The molecule has 2 aromatic heterocycles. The van der Waals surface area contributed by atoms with Crippen LogP contribution in [0.2, 0.25) is 0 Å². The van der Waals surface area contributed by atoms with Gasteiger partial charge >= 0.3 is 0 Å². The molecular formula is C35H45N9O5. The first-order valence-corrected chi connectivity index (χ1v) is 16.9. The van der Waals surface area contributed by atoms with Gasteiger partial charge in [-0.1, -0.05) is 60.7 Å². The summed E-state index contributed by atoms with van der Waals surface area (Å²) < 4.78 is 7.31. The molecule has 4 heterocycles. The molecule has 2 aliphatic heterocycles. The van der Waals surface area contributed by atoms with Gasteiger partial charge in [0.05, 0.1) is 6.33 Å². The Morgan fingerprint density at radius 1 is 0.939 bits per heavy atom. The van der Waals surface area contributed by atoms with Gasteiger partial charge in [0, 0.05) is 51.7 Å². The van der Waals surface area contributed by atoms with Gasteiger partial charge in [0.2, 0.25) is 5.82 Å². The van der Waals surface area contributed by atoms with E-state index in [0.29, 0.717) is 31.0 Å². The Morgan fingerprint density at radius 2 is 1.61 bits per heavy atom. The molecule has 2 fully saturated rings. The molecule has 14 nitrogen and oxygen atoms in total. The average Bonchev–Trinajstić information content (AvgIpc) is 3.68. The second kappa shape index (κ2) is 15.8. The van der Waals surface area contributed by atoms with Gasteiger partial charge in [0.1, 0.15) is 12.2 Å². The third-order valence-electron chi connectivity index (χ3n) is 9.16. The van der Waals surface area contributed by atoms with Crippen molar-refractivity contribution in [3.05, 3.63) is 83.9 Å². The van der Waals surface area contributed by atoms with Crippen LogP contribution in [0.1, 0.15) is 47.2 Å². The normalized spacial score (nSPS) is 21.7. The number of benzene rings is 2. The zero-order valence-electron chi connectivity index (χ0n) is 27.9. The molecule has 0 bridgehead atoms. The predicted octanol–water partition coefficient (Wildman–Crippen LogP) is 1.19. The fraction of sp³-hybridized carbons (Fsp3) is 0.457. The van der Waals surface area contributed by atoms with Crippen molar-refractivity contribution in [2.24, 2.45) is 0 Å². The van der Waals surface area contributed by atoms with Gasteiger partial charge in [-0.3, -0.25) is 14.2 Å². The first-order chi connectivity index (χ1) is 23.8. The molecule has 6 rings (SSSR count). The summed E-state index contributed by atoms with van der Waals surface area (Å²) in [6.07, 6.45) is -3.22. The summed E-state index contributed by atoms with van der Waals surface area (Å²) in [6, 6.07) is 20.2. The van der Waals surface area contributed by atoms with Crippen molar-refractivity contribution in [2.45, 2.75) is 43.8 Å². The van der Waals surface area contributed by atoms with Gasteiger partial charge in [-0.2, -0.15) is 0 Å². The van der Waals surface area contributed by atoms with Crippen molar-refractivity contribution in [1.82, 2.24) is 40.0 Å². The van der Waals surface area contributed by atoms with Gasteiger partial charge in [-0.05, 0) is 38.1 Å². The van der Waals surface area contributed by atoms with Gasteiger partial charge in [-0.15, -0.1) is 0 Å². The number of amides is 2. The first kappa shape index (κ1) is 34.4. The summed E-state index contributed by atoms with van der Waals surface area (Å²) in [6.45, 7) is 7.90. The molecule has 2 aliphatic rings. The van der Waals surface area contributed by atoms with E-state index in [-0.39, 0.29) is 17.4 Å². The molecule has 5 N–H and O–H groups in total. The van der Waals surface area contributed by atoms with Crippen LogP contribution in [0, 0.1) is 0 Å². The molecule has 260 valence electrons. The lowest BCUT2D eigenvalue weighted by Crippen LogP contribution is -2.45. The zero-order valence-corrected chi connectivity index (χ0v) is 27.9. The molecule has 4 atom stereocenters. The molecule has 14 heteroatoms. The maximum atomic E-state index is 13.5. The van der Waals surface area contributed by atoms with Crippen LogP contribution in [0.4, 0.5) is 5.82 Å². The van der Waals surface area contributed by atoms with Gasteiger partial charge < -0.3 is 40.7 Å². The number of anilines is 1. The number of rotatable bonds is 13. The molecule has 49 heavy (non-hydrogen) atoms. The maximum Gasteiger partial charge on any atom is 0.289 e. The number of carbonyl (C=O) groups is 2. The van der Waals surface area contributed by atoms with E-state index in [9.17, 15) is 19.8 Å². The van der Waals surface area contributed by atoms with Crippen LogP contribution in [0.15, 0.2) is 67.0 Å². The average molecular weight is 672 g/mol. The number of aliphatic hydroxyl groups excluding tert-OH is 2. The number of imidazole rings is 1. The molecule has 0 radical (unpaired) electrons. The highest BCUT2D eigenvalue weighted by molar-refractivity contribution is 5.94. The third kappa shape index (κ3) is 7.89. The Labute approximate surface area is 285 Å². The Balaban J connectivity index is 1.27. The monoisotopic (exact) mass is 671 g/mol. The molecule has 2 saturated heterocycles. The van der Waals surface area contributed by atoms with E-state index in [1.165, 1.54) is 10.9 Å². The van der Waals surface area contributed by atoms with Crippen LogP contribution in [0.25, 0.3) is 11.2 Å². The van der Waals surface area contributed by atoms with E-state index in [4.69, 9.17) is 4.74 Å². The number of aromatic nitrogens is 4. The number of aliphatic hydroxyl groups is 2. The highest BCUT2D eigenvalue weighted by Gasteiger charge is 2.47. The van der Waals surface area contributed by atoms with E-state index in [2.05, 4.69) is 72.0 Å². The molecule has 4 aromatic rings. The van der Waals surface area contributed by atoms with Crippen molar-refractivity contribution in [3.8, 4) is 0 Å². The Morgan fingerprint density at radius 3 is 2.27 bits per heavy atom. The van der Waals surface area contributed by atoms with Crippen molar-refractivity contribution in [2.75, 3.05) is 64.7 Å². The lowest BCUT2D eigenvalue weighted by Gasteiger charge is -2.32. The number of hydrogen-bond acceptors (Lipinski definition) is 11. The summed E-state index contributed by atoms with van der Waals surface area (Å²) in [5, 5.41) is 30.7. The minimum atomic E-state index is -1.48. The SMILES string of the molecule is CCNC(=O)[C@H]1O[C@@H](n2cnc3c(NCC(c4ccccc4)c4ccccc4)nc(C(=O)NCCCN4CCN(C)CC4)nc32)[C@H](O)[C@@H]1O. The van der Waals surface area contributed by atoms with Crippen molar-refractivity contribution < 1.29 is 24.5 Å². The molecule has 2 amide bonds. The highest BCUT2D eigenvalue weighted by atomic mass is 16.6. The summed E-state index contributed by atoms with van der Waals surface area (Å²) in [7, 11) is 2.12. The smallest absolute Gasteiger partial charge is 0.289 e. The quantitative estimate of drug-likeness (QED) is 0.130. The predicted molar refractivity (Wildman–Crippen MR) is 184 cm³/mol. The van der Waals surface area contributed by atoms with E-state index < -0.39 is 36.4 Å². The standard InChI is InChI=1S/C35H45N9O5/c1-3-36-33(47)29-27(45)28(46)35(49-29)44-22-39-26-30(38-21-25(23-11-6-4-7-12-23)24-13-8-5-9-14-24)40-31(41-32(26)44)34(48)37-15-10-16-43-19-17-42(2)18-20-43/h4-9,11-14,22,25,27-29,35,45-46H,3,10,15-21H2,1-2H3,(H,36,47)(H,37,48)(H,38,40,41)/t27-,28+,29-,35+/m0/s1. The second-order valence-electron chi connectivity index (χ2n) is 12.6. The van der Waals surface area contributed by atoms with Crippen molar-refractivity contribution in [3.63, 3.8) is 0 Å². The van der Waals surface area contributed by atoms with Gasteiger partial charge in [0.25, 0.3) is 11.8 Å². The fourth-order valence-corrected chi connectivity index (χ4v) is 6.36. The second-order valence-corrected chi connectivity index (χ2v) is 12.6. The van der Waals surface area contributed by atoms with E-state index in [1.807, 2.05) is 36.4 Å². The largest absolute Gasteiger partial charge is 0.387 e. The highest BCUT2D eigenvalue weighted by Crippen LogP contribution is 2.33. The third-order valence-corrected chi connectivity index (χ3v) is 9.16. The minimum absolute atomic E-state index is 0.0469. The van der Waals surface area contributed by atoms with Crippen LogP contribution in [0.5, 0.6) is 0 Å². The first-order valence-electron chi connectivity index (χ1n) is 16.9. The van der Waals surface area contributed by atoms with Gasteiger partial charge in [-0.25, -0.2) is 15.0 Å². The molecule has 0 spiro atoms. The van der Waals surface area contributed by atoms with Crippen LogP contribution in [-0.2, 0) is 9.53 Å². The summed E-state index contributed by atoms with van der Waals surface area (Å²) in [5.41, 5.74) is 2.76. The number of likely N-dealkylation sites (N-methyl/N-ethyl adjacent to an activating group) is 2. The Hall–Kier alpha value is -4.47. The number of hydrogen-bond donors (Lipinski definition) is 5. The van der Waals surface area contributed by atoms with Crippen LogP contribution < -0.4 is 16.0 Å². The van der Waals surface area contributed by atoms with Crippen LogP contribution in [0.3, 0.4) is 0 Å². The van der Waals surface area contributed by atoms with Crippen molar-refractivity contribution in [1.29, 1.82) is 0 Å². The summed E-state index contributed by atoms with van der Waals surface area (Å²) >= 11 is 0. The number of ether oxygens (including phenoxy) is 1. The van der Waals surface area contributed by atoms with E-state index in [0.717, 1.165) is 50.3 Å². The summed E-state index contributed by atoms with van der Waals surface area (Å²) in [4.78, 5) is 44.5. The number of nitrogens with zero attached hydrogens (tertiary/aromatic N) is 6. The molecule has 0 aliphatic carbocycles. The minimum Gasteiger partial charge on any atom is -0.387 e. The number of carbonyl (C=O) groups excluding carboxylic acids is 2. The molecule has 0 saturated carbocycles.